The second kappa shape index (κ2) is 11.9. The summed E-state index contributed by atoms with van der Waals surface area (Å²) in [6.07, 6.45) is 4.59. The van der Waals surface area contributed by atoms with E-state index in [1.165, 1.54) is 15.4 Å². The maximum Gasteiger partial charge on any atom is 0.274 e. The molecule has 0 bridgehead atoms. The monoisotopic (exact) mass is 627 g/mol. The number of amides is 1. The zero-order valence-electron chi connectivity index (χ0n) is 22.5. The molecule has 0 radical (unpaired) electrons. The minimum absolute atomic E-state index is 0.0356. The summed E-state index contributed by atoms with van der Waals surface area (Å²) in [5, 5.41) is 7.50. The lowest BCUT2D eigenvalue weighted by atomic mass is 9.77. The number of carbonyl (C=O) groups excluding carboxylic acids is 1. The first-order valence-corrected chi connectivity index (χ1v) is 15.9. The van der Waals surface area contributed by atoms with Crippen LogP contribution in [0, 0.1) is 11.7 Å². The average molecular weight is 629 g/mol. The van der Waals surface area contributed by atoms with Gasteiger partial charge in [0, 0.05) is 34.6 Å². The Bertz CT molecular complexity index is 1670. The largest absolute Gasteiger partial charge is 0.379 e. The summed E-state index contributed by atoms with van der Waals surface area (Å²) in [7, 11) is -4.17. The molecule has 1 amide bonds. The highest BCUT2D eigenvalue weighted by molar-refractivity contribution is 7.89. The van der Waals surface area contributed by atoms with Gasteiger partial charge in [-0.15, -0.1) is 0 Å². The second-order valence-electron chi connectivity index (χ2n) is 10.5. The van der Waals surface area contributed by atoms with Crippen LogP contribution in [0.5, 0.6) is 0 Å². The highest BCUT2D eigenvalue weighted by Crippen LogP contribution is 2.45. The summed E-state index contributed by atoms with van der Waals surface area (Å²) >= 11 is 12.3. The van der Waals surface area contributed by atoms with Crippen molar-refractivity contribution in [3.05, 3.63) is 105 Å². The van der Waals surface area contributed by atoms with Crippen LogP contribution in [0.4, 0.5) is 4.39 Å². The van der Waals surface area contributed by atoms with Gasteiger partial charge in [0.25, 0.3) is 5.91 Å². The van der Waals surface area contributed by atoms with E-state index >= 15 is 0 Å². The molecule has 3 aliphatic rings. The Morgan fingerprint density at radius 2 is 1.64 bits per heavy atom. The van der Waals surface area contributed by atoms with Gasteiger partial charge in [-0.3, -0.25) is 4.79 Å². The zero-order chi connectivity index (χ0) is 29.4. The topological polar surface area (TPSA) is 79.3 Å². The molecular weight excluding hydrogens is 600 g/mol. The van der Waals surface area contributed by atoms with E-state index in [0.717, 1.165) is 53.8 Å². The minimum Gasteiger partial charge on any atom is -0.379 e. The Morgan fingerprint density at radius 3 is 2.33 bits per heavy atom. The first-order valence-electron chi connectivity index (χ1n) is 13.7. The number of carbonyl (C=O) groups is 1. The number of ether oxygens (including phenoxy) is 1. The van der Waals surface area contributed by atoms with E-state index in [2.05, 4.69) is 6.08 Å². The van der Waals surface area contributed by atoms with Crippen LogP contribution in [0.1, 0.15) is 46.8 Å². The van der Waals surface area contributed by atoms with Crippen molar-refractivity contribution in [1.82, 2.24) is 9.31 Å². The predicted octanol–water partition coefficient (Wildman–Crippen LogP) is 6.59. The lowest BCUT2D eigenvalue weighted by Gasteiger charge is -2.30. The first-order chi connectivity index (χ1) is 20.2. The third-order valence-electron chi connectivity index (χ3n) is 7.90. The van der Waals surface area contributed by atoms with Gasteiger partial charge in [-0.1, -0.05) is 47.5 Å². The summed E-state index contributed by atoms with van der Waals surface area (Å²) in [5.74, 6) is -1.51. The van der Waals surface area contributed by atoms with Gasteiger partial charge in [-0.2, -0.15) is 9.41 Å². The number of rotatable bonds is 5. The van der Waals surface area contributed by atoms with Gasteiger partial charge < -0.3 is 4.74 Å². The van der Waals surface area contributed by atoms with Gasteiger partial charge in [0.15, 0.2) is 0 Å². The lowest BCUT2D eigenvalue weighted by molar-refractivity contribution is 0.0680. The Morgan fingerprint density at radius 1 is 0.976 bits per heavy atom. The maximum absolute atomic E-state index is 14.9. The van der Waals surface area contributed by atoms with E-state index in [1.54, 1.807) is 12.1 Å². The summed E-state index contributed by atoms with van der Waals surface area (Å²) in [5.41, 5.74) is 3.70. The molecule has 3 aromatic carbocycles. The van der Waals surface area contributed by atoms with Crippen LogP contribution >= 0.6 is 23.2 Å². The number of nitrogens with zero attached hydrogens (tertiary/aromatic N) is 3. The van der Waals surface area contributed by atoms with Crippen LogP contribution < -0.4 is 0 Å². The third-order valence-corrected chi connectivity index (χ3v) is 10.3. The van der Waals surface area contributed by atoms with Crippen LogP contribution in [0.2, 0.25) is 10.0 Å². The molecule has 218 valence electrons. The summed E-state index contributed by atoms with van der Waals surface area (Å²) < 4.78 is 48.0. The highest BCUT2D eigenvalue weighted by Gasteiger charge is 2.44. The first kappa shape index (κ1) is 29.0. The van der Waals surface area contributed by atoms with Crippen LogP contribution in [0.15, 0.2) is 82.3 Å². The van der Waals surface area contributed by atoms with Crippen LogP contribution in [0.25, 0.3) is 6.08 Å². The van der Waals surface area contributed by atoms with Crippen molar-refractivity contribution in [3.8, 4) is 0 Å². The number of hydrazone groups is 1. The van der Waals surface area contributed by atoms with E-state index in [-0.39, 0.29) is 37.8 Å². The smallest absolute Gasteiger partial charge is 0.274 e. The summed E-state index contributed by atoms with van der Waals surface area (Å²) in [6.45, 7) is 0.674. The predicted molar refractivity (Wildman–Crippen MR) is 161 cm³/mol. The molecule has 6 rings (SSSR count). The molecule has 1 saturated carbocycles. The molecular formula is C31H28Cl2FN3O4S. The molecule has 0 N–H and O–H groups in total. The SMILES string of the molecule is O=C(c1ccc(F)c(S(=O)(=O)N2CCOCC2)c1)N1N=C2/C(=C\c3ccc(Cl)cc3)CCC[C@H]2[C@@H]1c1ccc(Cl)cc1. The summed E-state index contributed by atoms with van der Waals surface area (Å²) in [6, 6.07) is 17.8. The molecule has 42 heavy (non-hydrogen) atoms. The number of hydrogen-bond acceptors (Lipinski definition) is 5. The quantitative estimate of drug-likeness (QED) is 0.320. The van der Waals surface area contributed by atoms with Gasteiger partial charge in [0.1, 0.15) is 10.7 Å². The molecule has 2 atom stereocenters. The molecule has 1 aliphatic carbocycles. The molecule has 7 nitrogen and oxygen atoms in total. The van der Waals surface area contributed by atoms with E-state index < -0.39 is 32.7 Å². The number of hydrogen-bond donors (Lipinski definition) is 0. The fraction of sp³-hybridized carbons (Fsp3) is 0.290. The molecule has 2 aliphatic heterocycles. The molecule has 1 saturated heterocycles. The normalized spacial score (nSPS) is 22.2. The van der Waals surface area contributed by atoms with Crippen molar-refractivity contribution >= 4 is 50.9 Å². The second-order valence-corrected chi connectivity index (χ2v) is 13.3. The molecule has 0 unspecified atom stereocenters. The van der Waals surface area contributed by atoms with Crippen LogP contribution in [-0.4, -0.2) is 55.7 Å². The maximum atomic E-state index is 14.9. The van der Waals surface area contributed by atoms with E-state index in [0.29, 0.717) is 10.0 Å². The molecule has 3 aromatic rings. The minimum atomic E-state index is -4.17. The van der Waals surface area contributed by atoms with Crippen molar-refractivity contribution in [2.75, 3.05) is 26.3 Å². The van der Waals surface area contributed by atoms with Gasteiger partial charge in [-0.25, -0.2) is 17.8 Å². The van der Waals surface area contributed by atoms with E-state index in [4.69, 9.17) is 33.0 Å². The Kier molecular flexibility index (Phi) is 8.22. The molecule has 0 spiro atoms. The van der Waals surface area contributed by atoms with Crippen molar-refractivity contribution < 1.29 is 22.3 Å². The fourth-order valence-corrected chi connectivity index (χ4v) is 7.56. The number of fused-ring (bicyclic) bond motifs is 1. The van der Waals surface area contributed by atoms with Gasteiger partial charge >= 0.3 is 0 Å². The van der Waals surface area contributed by atoms with Crippen molar-refractivity contribution in [3.63, 3.8) is 0 Å². The fourth-order valence-electron chi connectivity index (χ4n) is 5.81. The molecule has 2 heterocycles. The third kappa shape index (κ3) is 5.64. The Balaban J connectivity index is 1.40. The van der Waals surface area contributed by atoms with Crippen molar-refractivity contribution in [1.29, 1.82) is 0 Å². The van der Waals surface area contributed by atoms with Gasteiger partial charge in [0.2, 0.25) is 10.0 Å². The molecule has 0 aromatic heterocycles. The Labute approximate surface area is 254 Å². The van der Waals surface area contributed by atoms with Crippen molar-refractivity contribution in [2.24, 2.45) is 11.0 Å². The number of morpholine rings is 1. The van der Waals surface area contributed by atoms with E-state index in [1.807, 2.05) is 36.4 Å². The summed E-state index contributed by atoms with van der Waals surface area (Å²) in [4.78, 5) is 13.6. The number of benzene rings is 3. The van der Waals surface area contributed by atoms with E-state index in [9.17, 15) is 17.6 Å². The average Bonchev–Trinajstić information content (AvgIpc) is 3.39. The van der Waals surface area contributed by atoms with Gasteiger partial charge in [-0.05, 0) is 84.5 Å². The van der Waals surface area contributed by atoms with Crippen molar-refractivity contribution in [2.45, 2.75) is 30.2 Å². The number of sulfonamides is 1. The lowest BCUT2D eigenvalue weighted by Crippen LogP contribution is -2.41. The standard InChI is InChI=1S/C31H28Cl2FN3O4S/c32-24-9-4-20(5-10-24)18-22-2-1-3-26-29(22)35-37(30(26)21-6-11-25(33)12-7-21)31(38)23-8-13-27(34)28(19-23)42(39,40)36-14-16-41-17-15-36/h4-13,18-19,26,30H,1-3,14-17H2/b22-18-/t26-,30+/m1/s1. The van der Waals surface area contributed by atoms with Gasteiger partial charge in [0.05, 0.1) is 25.0 Å². The highest BCUT2D eigenvalue weighted by atomic mass is 35.5. The van der Waals surface area contributed by atoms with Crippen LogP contribution in [-0.2, 0) is 14.8 Å². The number of allylic oxidation sites excluding steroid dienone is 1. The molecule has 2 fully saturated rings. The van der Waals surface area contributed by atoms with Crippen LogP contribution in [0.3, 0.4) is 0 Å². The Hall–Kier alpha value is -3.08. The number of halogens is 3. The zero-order valence-corrected chi connectivity index (χ0v) is 24.9. The molecule has 11 heteroatoms.